The van der Waals surface area contributed by atoms with Crippen molar-refractivity contribution in [3.63, 3.8) is 0 Å². The first kappa shape index (κ1) is 14.4. The number of carbonyl (C=O) groups excluding carboxylic acids is 1. The van der Waals surface area contributed by atoms with Crippen molar-refractivity contribution in [1.82, 2.24) is 5.32 Å². The molecule has 2 atom stereocenters. The van der Waals surface area contributed by atoms with E-state index in [9.17, 15) is 14.7 Å². The van der Waals surface area contributed by atoms with Gasteiger partial charge in [0.2, 0.25) is 5.91 Å². The Kier molecular flexibility index (Phi) is 3.63. The van der Waals surface area contributed by atoms with E-state index in [2.05, 4.69) is 26.1 Å². The average molecular weight is 267 g/mol. The number of hydrogen-bond donors (Lipinski definition) is 2. The molecule has 2 aliphatic rings. The summed E-state index contributed by atoms with van der Waals surface area (Å²) in [5.41, 5.74) is -0.924. The molecule has 2 saturated carbocycles. The Balaban J connectivity index is 2.02. The van der Waals surface area contributed by atoms with Crippen LogP contribution < -0.4 is 5.32 Å². The predicted molar refractivity (Wildman–Crippen MR) is 72.6 cm³/mol. The van der Waals surface area contributed by atoms with Gasteiger partial charge in [0.25, 0.3) is 0 Å². The largest absolute Gasteiger partial charge is 0.480 e. The fourth-order valence-corrected chi connectivity index (χ4v) is 3.18. The molecule has 0 aliphatic heterocycles. The highest BCUT2D eigenvalue weighted by atomic mass is 16.4. The maximum absolute atomic E-state index is 12.3. The fraction of sp³-hybridized carbons (Fsp3) is 0.867. The van der Waals surface area contributed by atoms with Gasteiger partial charge >= 0.3 is 5.97 Å². The lowest BCUT2D eigenvalue weighted by Gasteiger charge is -2.36. The Morgan fingerprint density at radius 3 is 2.32 bits per heavy atom. The van der Waals surface area contributed by atoms with Crippen molar-refractivity contribution in [2.24, 2.45) is 17.3 Å². The number of aliphatic carboxylic acids is 1. The molecule has 108 valence electrons. The van der Waals surface area contributed by atoms with E-state index in [1.807, 2.05) is 0 Å². The highest BCUT2D eigenvalue weighted by Gasteiger charge is 2.55. The second-order valence-corrected chi connectivity index (χ2v) is 6.82. The van der Waals surface area contributed by atoms with Gasteiger partial charge in [-0.1, -0.05) is 20.8 Å². The van der Waals surface area contributed by atoms with Crippen LogP contribution in [0.4, 0.5) is 0 Å². The average Bonchev–Trinajstić information content (AvgIpc) is 3.05. The predicted octanol–water partition coefficient (Wildman–Crippen LogP) is 2.57. The van der Waals surface area contributed by atoms with Gasteiger partial charge in [-0.25, -0.2) is 4.79 Å². The summed E-state index contributed by atoms with van der Waals surface area (Å²) in [5.74, 6) is -0.354. The van der Waals surface area contributed by atoms with Crippen LogP contribution in [0.25, 0.3) is 0 Å². The molecule has 0 aromatic rings. The summed E-state index contributed by atoms with van der Waals surface area (Å²) in [6.07, 6.45) is 4.74. The van der Waals surface area contributed by atoms with E-state index in [1.165, 1.54) is 0 Å². The SMILES string of the molecule is CCC1(C)CC1C(=O)NC1(C(=O)O)CCC(C)CC1. The zero-order valence-corrected chi connectivity index (χ0v) is 12.2. The summed E-state index contributed by atoms with van der Waals surface area (Å²) in [6, 6.07) is 0. The molecule has 0 aromatic heterocycles. The molecule has 0 spiro atoms. The molecular weight excluding hydrogens is 242 g/mol. The lowest BCUT2D eigenvalue weighted by Crippen LogP contribution is -2.56. The molecule has 2 fully saturated rings. The van der Waals surface area contributed by atoms with Gasteiger partial charge in [0.15, 0.2) is 0 Å². The molecule has 4 heteroatoms. The first-order valence-electron chi connectivity index (χ1n) is 7.38. The number of carboxylic acid groups (broad SMARTS) is 1. The summed E-state index contributed by atoms with van der Waals surface area (Å²) >= 11 is 0. The number of hydrogen-bond acceptors (Lipinski definition) is 2. The Morgan fingerprint density at radius 2 is 1.89 bits per heavy atom. The van der Waals surface area contributed by atoms with Crippen molar-refractivity contribution in [3.05, 3.63) is 0 Å². The molecule has 0 radical (unpaired) electrons. The quantitative estimate of drug-likeness (QED) is 0.822. The Labute approximate surface area is 115 Å². The minimum Gasteiger partial charge on any atom is -0.480 e. The molecule has 19 heavy (non-hydrogen) atoms. The van der Waals surface area contributed by atoms with Crippen molar-refractivity contribution < 1.29 is 14.7 Å². The van der Waals surface area contributed by atoms with Crippen molar-refractivity contribution in [2.45, 2.75) is 64.8 Å². The van der Waals surface area contributed by atoms with Crippen LogP contribution in [0.1, 0.15) is 59.3 Å². The summed E-state index contributed by atoms with van der Waals surface area (Å²) in [7, 11) is 0. The van der Waals surface area contributed by atoms with Crippen LogP contribution in [0.2, 0.25) is 0 Å². The van der Waals surface area contributed by atoms with Gasteiger partial charge in [0.05, 0.1) is 0 Å². The minimum absolute atomic E-state index is 0.00748. The van der Waals surface area contributed by atoms with Crippen LogP contribution in [0.3, 0.4) is 0 Å². The molecule has 2 rings (SSSR count). The van der Waals surface area contributed by atoms with Gasteiger partial charge < -0.3 is 10.4 Å². The van der Waals surface area contributed by atoms with Gasteiger partial charge in [0.1, 0.15) is 5.54 Å². The minimum atomic E-state index is -1.01. The molecule has 2 unspecified atom stereocenters. The summed E-state index contributed by atoms with van der Waals surface area (Å²) in [5, 5.41) is 12.4. The fourth-order valence-electron chi connectivity index (χ4n) is 3.18. The van der Waals surface area contributed by atoms with E-state index in [0.29, 0.717) is 18.8 Å². The second-order valence-electron chi connectivity index (χ2n) is 6.82. The van der Waals surface area contributed by atoms with E-state index >= 15 is 0 Å². The van der Waals surface area contributed by atoms with E-state index in [1.54, 1.807) is 0 Å². The van der Waals surface area contributed by atoms with Gasteiger partial charge in [0, 0.05) is 5.92 Å². The van der Waals surface area contributed by atoms with E-state index in [4.69, 9.17) is 0 Å². The highest BCUT2D eigenvalue weighted by molar-refractivity contribution is 5.90. The molecule has 4 nitrogen and oxygen atoms in total. The summed E-state index contributed by atoms with van der Waals surface area (Å²) in [4.78, 5) is 23.8. The third kappa shape index (κ3) is 2.63. The Bertz CT molecular complexity index is 385. The zero-order valence-electron chi connectivity index (χ0n) is 12.2. The smallest absolute Gasteiger partial charge is 0.329 e. The van der Waals surface area contributed by atoms with Crippen molar-refractivity contribution in [3.8, 4) is 0 Å². The van der Waals surface area contributed by atoms with Gasteiger partial charge in [-0.3, -0.25) is 4.79 Å². The normalized spacial score (nSPS) is 41.6. The van der Waals surface area contributed by atoms with E-state index in [0.717, 1.165) is 25.7 Å². The van der Waals surface area contributed by atoms with Gasteiger partial charge in [-0.05, 0) is 49.9 Å². The van der Waals surface area contributed by atoms with E-state index in [-0.39, 0.29) is 17.2 Å². The first-order valence-corrected chi connectivity index (χ1v) is 7.38. The lowest BCUT2D eigenvalue weighted by atomic mass is 9.77. The summed E-state index contributed by atoms with van der Waals surface area (Å²) in [6.45, 7) is 6.33. The second kappa shape index (κ2) is 4.80. The van der Waals surface area contributed by atoms with Gasteiger partial charge in [-0.15, -0.1) is 0 Å². The molecule has 0 aromatic carbocycles. The molecule has 0 saturated heterocycles. The molecule has 0 bridgehead atoms. The molecule has 1 amide bonds. The summed E-state index contributed by atoms with van der Waals surface area (Å²) < 4.78 is 0. The standard InChI is InChI=1S/C15H25NO3/c1-4-14(3)9-11(14)12(17)16-15(13(18)19)7-5-10(2)6-8-15/h10-11H,4-9H2,1-3H3,(H,16,17)(H,18,19). The van der Waals surface area contributed by atoms with Crippen LogP contribution >= 0.6 is 0 Å². The number of carboxylic acids is 1. The monoisotopic (exact) mass is 267 g/mol. The van der Waals surface area contributed by atoms with Crippen molar-refractivity contribution in [1.29, 1.82) is 0 Å². The van der Waals surface area contributed by atoms with Crippen molar-refractivity contribution >= 4 is 11.9 Å². The number of carbonyl (C=O) groups is 2. The van der Waals surface area contributed by atoms with Crippen LogP contribution in [0.15, 0.2) is 0 Å². The number of nitrogens with one attached hydrogen (secondary N) is 1. The van der Waals surface area contributed by atoms with Gasteiger partial charge in [-0.2, -0.15) is 0 Å². The topological polar surface area (TPSA) is 66.4 Å². The van der Waals surface area contributed by atoms with Crippen LogP contribution in [0.5, 0.6) is 0 Å². The van der Waals surface area contributed by atoms with Crippen LogP contribution in [-0.2, 0) is 9.59 Å². The number of amides is 1. The zero-order chi connectivity index (χ0) is 14.3. The van der Waals surface area contributed by atoms with E-state index < -0.39 is 11.5 Å². The molecular formula is C15H25NO3. The third-order valence-electron chi connectivity index (χ3n) is 5.38. The van der Waals surface area contributed by atoms with Crippen molar-refractivity contribution in [2.75, 3.05) is 0 Å². The molecule has 2 N–H and O–H groups in total. The third-order valence-corrected chi connectivity index (χ3v) is 5.38. The Morgan fingerprint density at radius 1 is 1.32 bits per heavy atom. The maximum atomic E-state index is 12.3. The number of rotatable bonds is 4. The van der Waals surface area contributed by atoms with Crippen LogP contribution in [0, 0.1) is 17.3 Å². The first-order chi connectivity index (χ1) is 8.83. The Hall–Kier alpha value is -1.06. The lowest BCUT2D eigenvalue weighted by molar-refractivity contribution is -0.150. The highest BCUT2D eigenvalue weighted by Crippen LogP contribution is 2.55. The molecule has 0 heterocycles. The van der Waals surface area contributed by atoms with Crippen LogP contribution in [-0.4, -0.2) is 22.5 Å². The maximum Gasteiger partial charge on any atom is 0.329 e. The molecule has 2 aliphatic carbocycles.